The molecule has 2 amide bonds. The molecular weight excluding hydrogens is 600 g/mol. The summed E-state index contributed by atoms with van der Waals surface area (Å²) >= 11 is 3.37. The van der Waals surface area contributed by atoms with E-state index >= 15 is 0 Å². The van der Waals surface area contributed by atoms with Crippen molar-refractivity contribution in [2.75, 3.05) is 11.9 Å². The number of nitrogens with one attached hydrogen (secondary N) is 2. The zero-order valence-electron chi connectivity index (χ0n) is 22.8. The average molecular weight is 630 g/mol. The average Bonchev–Trinajstić information content (AvgIpc) is 3.31. The Morgan fingerprint density at radius 3 is 2.14 bits per heavy atom. The number of carboxylic acid groups (broad SMARTS) is 1. The standard InChI is InChI=1S/C33H29BrN2O6/c1-20(41-18-21-9-3-2-4-10-21)30(32(38)39)36-31(37)27-16-15-22(34)17-29(27)35-33(40)42-19-28-25-13-7-5-11-23(25)24-12-6-8-14-26(24)28/h2-17,20,28,30H,18-19H2,1H3,(H,35,40)(H,36,37)(H,38,39)/t20-,30+/m0/s1. The lowest BCUT2D eigenvalue weighted by molar-refractivity contribution is -0.143. The van der Waals surface area contributed by atoms with Crippen molar-refractivity contribution >= 4 is 39.6 Å². The van der Waals surface area contributed by atoms with Gasteiger partial charge in [-0.2, -0.15) is 0 Å². The van der Waals surface area contributed by atoms with Crippen molar-refractivity contribution in [2.45, 2.75) is 31.6 Å². The Bertz CT molecular complexity index is 1560. The van der Waals surface area contributed by atoms with Gasteiger partial charge in [-0.1, -0.05) is 94.8 Å². The van der Waals surface area contributed by atoms with Crippen LogP contribution in [0.5, 0.6) is 0 Å². The molecule has 0 spiro atoms. The highest BCUT2D eigenvalue weighted by Crippen LogP contribution is 2.44. The number of fused-ring (bicyclic) bond motifs is 3. The predicted octanol–water partition coefficient (Wildman–Crippen LogP) is 6.60. The van der Waals surface area contributed by atoms with Gasteiger partial charge < -0.3 is 19.9 Å². The maximum Gasteiger partial charge on any atom is 0.411 e. The molecule has 0 aromatic heterocycles. The van der Waals surface area contributed by atoms with Crippen LogP contribution in [-0.4, -0.2) is 41.8 Å². The van der Waals surface area contributed by atoms with Gasteiger partial charge in [0.2, 0.25) is 0 Å². The summed E-state index contributed by atoms with van der Waals surface area (Å²) in [6, 6.07) is 28.7. The quantitative estimate of drug-likeness (QED) is 0.182. The third-order valence-electron chi connectivity index (χ3n) is 7.18. The van der Waals surface area contributed by atoms with E-state index in [1.165, 1.54) is 6.07 Å². The van der Waals surface area contributed by atoms with Crippen LogP contribution in [0.3, 0.4) is 0 Å². The Morgan fingerprint density at radius 1 is 0.881 bits per heavy atom. The summed E-state index contributed by atoms with van der Waals surface area (Å²) in [6.45, 7) is 1.88. The first-order chi connectivity index (χ1) is 20.3. The molecule has 3 N–H and O–H groups in total. The fraction of sp³-hybridized carbons (Fsp3) is 0.182. The van der Waals surface area contributed by atoms with Gasteiger partial charge >= 0.3 is 12.1 Å². The van der Waals surface area contributed by atoms with E-state index in [0.29, 0.717) is 4.47 Å². The normalized spacial score (nSPS) is 13.4. The predicted molar refractivity (Wildman–Crippen MR) is 162 cm³/mol. The van der Waals surface area contributed by atoms with Crippen molar-refractivity contribution in [3.63, 3.8) is 0 Å². The number of aliphatic carboxylic acids is 1. The molecule has 4 aromatic rings. The van der Waals surface area contributed by atoms with Crippen LogP contribution in [0.15, 0.2) is 102 Å². The van der Waals surface area contributed by atoms with Gasteiger partial charge in [0.1, 0.15) is 6.61 Å². The summed E-state index contributed by atoms with van der Waals surface area (Å²) in [7, 11) is 0. The third kappa shape index (κ3) is 6.53. The zero-order valence-corrected chi connectivity index (χ0v) is 24.3. The minimum absolute atomic E-state index is 0.0771. The molecule has 0 aliphatic heterocycles. The highest BCUT2D eigenvalue weighted by atomic mass is 79.9. The van der Waals surface area contributed by atoms with Gasteiger partial charge in [-0.15, -0.1) is 0 Å². The largest absolute Gasteiger partial charge is 0.480 e. The second-order valence-electron chi connectivity index (χ2n) is 9.93. The molecule has 0 saturated heterocycles. The van der Waals surface area contributed by atoms with Gasteiger partial charge in [0.25, 0.3) is 5.91 Å². The first-order valence-corrected chi connectivity index (χ1v) is 14.2. The molecule has 2 atom stereocenters. The molecule has 0 heterocycles. The van der Waals surface area contributed by atoms with Gasteiger partial charge in [-0.3, -0.25) is 10.1 Å². The number of hydrogen-bond acceptors (Lipinski definition) is 5. The zero-order chi connectivity index (χ0) is 29.6. The lowest BCUT2D eigenvalue weighted by Crippen LogP contribution is -2.48. The van der Waals surface area contributed by atoms with Gasteiger partial charge in [0.05, 0.1) is 24.0 Å². The van der Waals surface area contributed by atoms with Crippen LogP contribution >= 0.6 is 15.9 Å². The minimum Gasteiger partial charge on any atom is -0.480 e. The number of ether oxygens (including phenoxy) is 2. The van der Waals surface area contributed by atoms with Gasteiger partial charge in [0, 0.05) is 10.4 Å². The van der Waals surface area contributed by atoms with Crippen LogP contribution in [0.4, 0.5) is 10.5 Å². The SMILES string of the molecule is C[C@H](OCc1ccccc1)[C@@H](NC(=O)c1ccc(Br)cc1NC(=O)OCC1c2ccccc2-c2ccccc21)C(=O)O. The number of amides is 2. The topological polar surface area (TPSA) is 114 Å². The molecule has 4 aromatic carbocycles. The number of hydrogen-bond donors (Lipinski definition) is 3. The van der Waals surface area contributed by atoms with Crippen LogP contribution in [0.25, 0.3) is 11.1 Å². The summed E-state index contributed by atoms with van der Waals surface area (Å²) in [6.07, 6.45) is -1.57. The molecule has 0 bridgehead atoms. The summed E-state index contributed by atoms with van der Waals surface area (Å²) in [4.78, 5) is 38.2. The van der Waals surface area contributed by atoms with Crippen LogP contribution in [0.1, 0.15) is 39.9 Å². The van der Waals surface area contributed by atoms with Crippen LogP contribution in [0.2, 0.25) is 0 Å². The van der Waals surface area contributed by atoms with Crippen molar-refractivity contribution in [3.05, 3.63) is 124 Å². The molecule has 0 saturated carbocycles. The van der Waals surface area contributed by atoms with Gasteiger partial charge in [-0.25, -0.2) is 9.59 Å². The molecule has 0 radical (unpaired) electrons. The molecule has 1 aliphatic carbocycles. The highest BCUT2D eigenvalue weighted by Gasteiger charge is 2.30. The smallest absolute Gasteiger partial charge is 0.411 e. The monoisotopic (exact) mass is 628 g/mol. The molecular formula is C33H29BrN2O6. The number of carboxylic acids is 1. The maximum atomic E-state index is 13.3. The first-order valence-electron chi connectivity index (χ1n) is 13.4. The van der Waals surface area contributed by atoms with Crippen LogP contribution in [0, 0.1) is 0 Å². The molecule has 214 valence electrons. The Kier molecular flexibility index (Phi) is 9.00. The number of carbonyl (C=O) groups excluding carboxylic acids is 2. The van der Waals surface area contributed by atoms with E-state index in [4.69, 9.17) is 9.47 Å². The lowest BCUT2D eigenvalue weighted by Gasteiger charge is -2.22. The number of halogens is 1. The van der Waals surface area contributed by atoms with Crippen molar-refractivity contribution < 1.29 is 29.0 Å². The Balaban J connectivity index is 1.25. The van der Waals surface area contributed by atoms with Crippen molar-refractivity contribution in [1.29, 1.82) is 0 Å². The van der Waals surface area contributed by atoms with E-state index < -0.39 is 30.1 Å². The molecule has 1 aliphatic rings. The van der Waals surface area contributed by atoms with E-state index in [-0.39, 0.29) is 30.4 Å². The van der Waals surface area contributed by atoms with Crippen molar-refractivity contribution in [2.24, 2.45) is 0 Å². The van der Waals surface area contributed by atoms with Gasteiger partial charge in [-0.05, 0) is 52.9 Å². The Labute approximate surface area is 251 Å². The second kappa shape index (κ2) is 13.0. The first kappa shape index (κ1) is 29.0. The second-order valence-corrected chi connectivity index (χ2v) is 10.8. The van der Waals surface area contributed by atoms with E-state index in [9.17, 15) is 19.5 Å². The van der Waals surface area contributed by atoms with E-state index in [1.807, 2.05) is 66.7 Å². The summed E-state index contributed by atoms with van der Waals surface area (Å²) in [5.41, 5.74) is 5.51. The molecule has 5 rings (SSSR count). The van der Waals surface area contributed by atoms with Gasteiger partial charge in [0.15, 0.2) is 6.04 Å². The highest BCUT2D eigenvalue weighted by molar-refractivity contribution is 9.10. The van der Waals surface area contributed by atoms with E-state index in [0.717, 1.165) is 27.8 Å². The molecule has 0 unspecified atom stereocenters. The summed E-state index contributed by atoms with van der Waals surface area (Å²) < 4.78 is 12.0. The molecule has 0 fully saturated rings. The Morgan fingerprint density at radius 2 is 1.50 bits per heavy atom. The van der Waals surface area contributed by atoms with E-state index in [2.05, 4.69) is 38.7 Å². The third-order valence-corrected chi connectivity index (χ3v) is 7.68. The summed E-state index contributed by atoms with van der Waals surface area (Å²) in [5, 5.41) is 15.0. The number of anilines is 1. The molecule has 9 heteroatoms. The fourth-order valence-corrected chi connectivity index (χ4v) is 5.42. The maximum absolute atomic E-state index is 13.3. The van der Waals surface area contributed by atoms with Crippen molar-refractivity contribution in [3.8, 4) is 11.1 Å². The van der Waals surface area contributed by atoms with E-state index in [1.54, 1.807) is 19.1 Å². The van der Waals surface area contributed by atoms with Crippen LogP contribution < -0.4 is 10.6 Å². The number of carbonyl (C=O) groups is 3. The Hall–Kier alpha value is -4.47. The number of rotatable bonds is 10. The lowest BCUT2D eigenvalue weighted by atomic mass is 9.98. The minimum atomic E-state index is -1.33. The summed E-state index contributed by atoms with van der Waals surface area (Å²) in [5.74, 6) is -2.05. The van der Waals surface area contributed by atoms with Crippen LogP contribution in [-0.2, 0) is 20.9 Å². The molecule has 42 heavy (non-hydrogen) atoms. The number of benzene rings is 4. The van der Waals surface area contributed by atoms with Crippen molar-refractivity contribution in [1.82, 2.24) is 5.32 Å². The fourth-order valence-electron chi connectivity index (χ4n) is 5.06. The molecule has 8 nitrogen and oxygen atoms in total.